The van der Waals surface area contributed by atoms with Crippen LogP contribution in [0.1, 0.15) is 28.8 Å². The quantitative estimate of drug-likeness (QED) is 0.357. The number of hydrogen-bond donors (Lipinski definition) is 3. The molecule has 4 N–H and O–H groups in total. The van der Waals surface area contributed by atoms with Crippen molar-refractivity contribution in [3.63, 3.8) is 0 Å². The zero-order valence-corrected chi connectivity index (χ0v) is 14.7. The molecule has 0 atom stereocenters. The molecule has 0 saturated carbocycles. The molecule has 0 aliphatic heterocycles. The van der Waals surface area contributed by atoms with Gasteiger partial charge in [0.2, 0.25) is 0 Å². The Bertz CT molecular complexity index is 845. The van der Waals surface area contributed by atoms with Crippen molar-refractivity contribution in [2.45, 2.75) is 12.8 Å². The topological polar surface area (TPSA) is 114 Å². The predicted octanol–water partition coefficient (Wildman–Crippen LogP) is 3.34. The Hall–Kier alpha value is -3.61. The first-order chi connectivity index (χ1) is 13.0. The number of rotatable bonds is 9. The number of nitrogens with zero attached hydrogens (tertiary/aromatic N) is 1. The van der Waals surface area contributed by atoms with E-state index in [-0.39, 0.29) is 12.3 Å². The third-order valence-corrected chi connectivity index (χ3v) is 3.65. The summed E-state index contributed by atoms with van der Waals surface area (Å²) in [5, 5.41) is 11.3. The first-order valence-electron chi connectivity index (χ1n) is 8.32. The van der Waals surface area contributed by atoms with Crippen LogP contribution < -0.4 is 15.8 Å². The standard InChI is InChI=1S/C20H21N3O4/c1-2-14-5-3-6-17(19(14)23-13-21)27-16-10-8-15(9-11-16)20(26)22-12-4-7-18(24)25/h2-3,5-6,8-11,13H,1,4,7,12H2,(H2,21,23)(H,22,26)(H,24,25). The van der Waals surface area contributed by atoms with Crippen LogP contribution in [0.5, 0.6) is 11.5 Å². The third-order valence-electron chi connectivity index (χ3n) is 3.65. The minimum atomic E-state index is -0.885. The van der Waals surface area contributed by atoms with Crippen LogP contribution in [0.25, 0.3) is 6.08 Å². The molecule has 0 spiro atoms. The van der Waals surface area contributed by atoms with E-state index in [0.29, 0.717) is 35.7 Å². The fraction of sp³-hybridized carbons (Fsp3) is 0.150. The normalized spacial score (nSPS) is 10.5. The number of carbonyl (C=O) groups excluding carboxylic acids is 1. The molecular formula is C20H21N3O4. The van der Waals surface area contributed by atoms with Crippen LogP contribution in [-0.4, -0.2) is 29.9 Å². The van der Waals surface area contributed by atoms with E-state index in [1.165, 1.54) is 6.34 Å². The van der Waals surface area contributed by atoms with Crippen molar-refractivity contribution >= 4 is 30.0 Å². The number of aliphatic imine (C=N–C) groups is 1. The highest BCUT2D eigenvalue weighted by Gasteiger charge is 2.09. The lowest BCUT2D eigenvalue weighted by molar-refractivity contribution is -0.137. The molecule has 0 unspecified atom stereocenters. The van der Waals surface area contributed by atoms with Gasteiger partial charge in [0.05, 0.1) is 6.34 Å². The van der Waals surface area contributed by atoms with Crippen LogP contribution in [0.3, 0.4) is 0 Å². The Morgan fingerprint density at radius 3 is 2.59 bits per heavy atom. The summed E-state index contributed by atoms with van der Waals surface area (Å²) >= 11 is 0. The van der Waals surface area contributed by atoms with Gasteiger partial charge < -0.3 is 20.9 Å². The monoisotopic (exact) mass is 367 g/mol. The maximum absolute atomic E-state index is 12.0. The van der Waals surface area contributed by atoms with E-state index in [1.54, 1.807) is 36.4 Å². The van der Waals surface area contributed by atoms with Gasteiger partial charge in [0.1, 0.15) is 11.4 Å². The summed E-state index contributed by atoms with van der Waals surface area (Å²) in [7, 11) is 0. The molecule has 7 heteroatoms. The van der Waals surface area contributed by atoms with Crippen LogP contribution in [0, 0.1) is 0 Å². The largest absolute Gasteiger partial charge is 0.481 e. The number of hydrogen-bond acceptors (Lipinski definition) is 4. The fourth-order valence-corrected chi connectivity index (χ4v) is 2.34. The summed E-state index contributed by atoms with van der Waals surface area (Å²) < 4.78 is 5.85. The molecule has 7 nitrogen and oxygen atoms in total. The first kappa shape index (κ1) is 19.7. The molecule has 0 saturated heterocycles. The minimum Gasteiger partial charge on any atom is -0.481 e. The molecule has 140 valence electrons. The van der Waals surface area contributed by atoms with Gasteiger partial charge >= 0.3 is 5.97 Å². The minimum absolute atomic E-state index is 0.0183. The maximum Gasteiger partial charge on any atom is 0.303 e. The summed E-state index contributed by atoms with van der Waals surface area (Å²) in [5.41, 5.74) is 7.21. The number of benzene rings is 2. The molecule has 2 rings (SSSR count). The third kappa shape index (κ3) is 5.71. The van der Waals surface area contributed by atoms with Gasteiger partial charge in [-0.25, -0.2) is 4.99 Å². The molecular weight excluding hydrogens is 346 g/mol. The highest BCUT2D eigenvalue weighted by atomic mass is 16.5. The smallest absolute Gasteiger partial charge is 0.303 e. The molecule has 0 aliphatic carbocycles. The highest BCUT2D eigenvalue weighted by molar-refractivity contribution is 5.94. The molecule has 2 aromatic carbocycles. The van der Waals surface area contributed by atoms with Crippen molar-refractivity contribution in [2.75, 3.05) is 6.54 Å². The van der Waals surface area contributed by atoms with Crippen LogP contribution in [0.15, 0.2) is 54.0 Å². The lowest BCUT2D eigenvalue weighted by atomic mass is 10.1. The molecule has 0 aliphatic rings. The van der Waals surface area contributed by atoms with Gasteiger partial charge in [-0.15, -0.1) is 0 Å². The van der Waals surface area contributed by atoms with Gasteiger partial charge in [0.25, 0.3) is 5.91 Å². The second kappa shape index (κ2) is 9.76. The summed E-state index contributed by atoms with van der Waals surface area (Å²) in [6.07, 6.45) is 3.25. The molecule has 2 aromatic rings. The van der Waals surface area contributed by atoms with Gasteiger partial charge in [-0.2, -0.15) is 0 Å². The Labute approximate surface area is 157 Å². The van der Waals surface area contributed by atoms with Crippen LogP contribution in [-0.2, 0) is 4.79 Å². The van der Waals surface area contributed by atoms with Gasteiger partial charge in [0.15, 0.2) is 5.75 Å². The van der Waals surface area contributed by atoms with Gasteiger partial charge in [-0.1, -0.05) is 24.8 Å². The Balaban J connectivity index is 2.05. The van der Waals surface area contributed by atoms with Gasteiger partial charge in [-0.3, -0.25) is 9.59 Å². The van der Waals surface area contributed by atoms with Gasteiger partial charge in [-0.05, 0) is 36.8 Å². The van der Waals surface area contributed by atoms with Crippen molar-refractivity contribution in [3.8, 4) is 11.5 Å². The van der Waals surface area contributed by atoms with Crippen molar-refractivity contribution in [1.29, 1.82) is 0 Å². The van der Waals surface area contributed by atoms with Crippen LogP contribution in [0.4, 0.5) is 5.69 Å². The number of carboxylic acid groups (broad SMARTS) is 1. The molecule has 0 radical (unpaired) electrons. The Morgan fingerprint density at radius 1 is 1.22 bits per heavy atom. The number of ether oxygens (including phenoxy) is 1. The molecule has 0 fully saturated rings. The van der Waals surface area contributed by atoms with E-state index in [0.717, 1.165) is 5.56 Å². The summed E-state index contributed by atoms with van der Waals surface area (Å²) in [6, 6.07) is 12.0. The summed E-state index contributed by atoms with van der Waals surface area (Å²) in [4.78, 5) is 26.6. The van der Waals surface area contributed by atoms with Crippen LogP contribution >= 0.6 is 0 Å². The van der Waals surface area contributed by atoms with Crippen molar-refractivity contribution in [3.05, 3.63) is 60.2 Å². The number of para-hydroxylation sites is 1. The van der Waals surface area contributed by atoms with E-state index in [9.17, 15) is 9.59 Å². The molecule has 27 heavy (non-hydrogen) atoms. The summed E-state index contributed by atoms with van der Waals surface area (Å²) in [6.45, 7) is 4.05. The van der Waals surface area contributed by atoms with Crippen molar-refractivity contribution < 1.29 is 19.4 Å². The number of amides is 1. The first-order valence-corrected chi connectivity index (χ1v) is 8.32. The zero-order valence-electron chi connectivity index (χ0n) is 14.7. The highest BCUT2D eigenvalue weighted by Crippen LogP contribution is 2.35. The van der Waals surface area contributed by atoms with E-state index in [2.05, 4.69) is 16.9 Å². The second-order valence-electron chi connectivity index (χ2n) is 5.56. The van der Waals surface area contributed by atoms with E-state index >= 15 is 0 Å². The lowest BCUT2D eigenvalue weighted by Crippen LogP contribution is -2.24. The zero-order chi connectivity index (χ0) is 19.6. The van der Waals surface area contributed by atoms with Crippen LogP contribution in [0.2, 0.25) is 0 Å². The van der Waals surface area contributed by atoms with Crippen molar-refractivity contribution in [2.24, 2.45) is 10.7 Å². The lowest BCUT2D eigenvalue weighted by Gasteiger charge is -2.11. The number of carboxylic acids is 1. The molecule has 0 bridgehead atoms. The fourth-order valence-electron chi connectivity index (χ4n) is 2.34. The summed E-state index contributed by atoms with van der Waals surface area (Å²) in [5.74, 6) is -0.106. The number of aliphatic carboxylic acids is 1. The van der Waals surface area contributed by atoms with E-state index in [1.807, 2.05) is 12.1 Å². The number of nitrogens with two attached hydrogens (primary N) is 1. The van der Waals surface area contributed by atoms with E-state index < -0.39 is 5.97 Å². The average Bonchev–Trinajstić information content (AvgIpc) is 2.67. The second-order valence-corrected chi connectivity index (χ2v) is 5.56. The Kier molecular flexibility index (Phi) is 7.13. The average molecular weight is 367 g/mol. The van der Waals surface area contributed by atoms with E-state index in [4.69, 9.17) is 15.6 Å². The number of carbonyl (C=O) groups is 2. The molecule has 0 heterocycles. The molecule has 1 amide bonds. The number of nitrogens with one attached hydrogen (secondary N) is 1. The Morgan fingerprint density at radius 2 is 1.96 bits per heavy atom. The SMILES string of the molecule is C=Cc1cccc(Oc2ccc(C(=O)NCCCC(=O)O)cc2)c1N=CN. The van der Waals surface area contributed by atoms with Crippen molar-refractivity contribution in [1.82, 2.24) is 5.32 Å². The maximum atomic E-state index is 12.0. The van der Waals surface area contributed by atoms with Gasteiger partial charge in [0, 0.05) is 24.1 Å². The molecule has 0 aromatic heterocycles. The predicted molar refractivity (Wildman–Crippen MR) is 105 cm³/mol.